The minimum Gasteiger partial charge on any atom is -0.495 e. The average Bonchev–Trinajstić information content (AvgIpc) is 3.68. The van der Waals surface area contributed by atoms with Gasteiger partial charge in [-0.05, 0) is 81.8 Å². The number of methoxy groups -OCH3 is 2. The van der Waals surface area contributed by atoms with E-state index in [1.807, 2.05) is 6.07 Å². The van der Waals surface area contributed by atoms with E-state index >= 15 is 4.39 Å². The lowest BCUT2D eigenvalue weighted by Crippen LogP contribution is -2.55. The summed E-state index contributed by atoms with van der Waals surface area (Å²) in [6.07, 6.45) is 6.35. The van der Waals surface area contributed by atoms with Gasteiger partial charge < -0.3 is 29.3 Å². The quantitative estimate of drug-likeness (QED) is 0.110. The maximum absolute atomic E-state index is 15.8. The van der Waals surface area contributed by atoms with E-state index in [1.54, 1.807) is 25.3 Å². The lowest BCUT2D eigenvalue weighted by Gasteiger charge is -2.44. The van der Waals surface area contributed by atoms with E-state index in [2.05, 4.69) is 36.4 Å². The van der Waals surface area contributed by atoms with Crippen LogP contribution in [0.3, 0.4) is 0 Å². The largest absolute Gasteiger partial charge is 0.495 e. The lowest BCUT2D eigenvalue weighted by atomic mass is 9.95. The minimum absolute atomic E-state index is 0.0184. The topological polar surface area (TPSA) is 170 Å². The number of piperidine rings is 2. The van der Waals surface area contributed by atoms with Gasteiger partial charge in [0.2, 0.25) is 11.8 Å². The van der Waals surface area contributed by atoms with Crippen molar-refractivity contribution in [3.05, 3.63) is 75.1 Å². The van der Waals surface area contributed by atoms with E-state index in [-0.39, 0.29) is 36.1 Å². The van der Waals surface area contributed by atoms with Gasteiger partial charge in [0.05, 0.1) is 70.1 Å². The molecular formula is C46H47Cl2FN8O7. The molecule has 4 aromatic rings. The summed E-state index contributed by atoms with van der Waals surface area (Å²) in [5.74, 6) is -1.00. The van der Waals surface area contributed by atoms with Gasteiger partial charge >= 0.3 is 0 Å². The first kappa shape index (κ1) is 43.5. The zero-order valence-corrected chi connectivity index (χ0v) is 36.9. The van der Waals surface area contributed by atoms with Gasteiger partial charge in [-0.2, -0.15) is 5.26 Å². The number of pyridine rings is 1. The number of hydrogen-bond acceptors (Lipinski definition) is 13. The smallest absolute Gasteiger partial charge is 0.262 e. The fraction of sp³-hybridized carbons (Fsp3) is 0.435. The molecule has 5 aliphatic rings. The van der Waals surface area contributed by atoms with Crippen LogP contribution in [0.1, 0.15) is 71.2 Å². The number of nitrogens with zero attached hydrogens (tertiary/aromatic N) is 6. The Morgan fingerprint density at radius 1 is 0.875 bits per heavy atom. The van der Waals surface area contributed by atoms with Crippen molar-refractivity contribution in [3.8, 4) is 23.3 Å². The Bertz CT molecular complexity index is 2590. The van der Waals surface area contributed by atoms with Crippen molar-refractivity contribution in [1.82, 2.24) is 25.0 Å². The van der Waals surface area contributed by atoms with E-state index < -0.39 is 35.5 Å². The van der Waals surface area contributed by atoms with Crippen molar-refractivity contribution >= 4 is 74.8 Å². The van der Waals surface area contributed by atoms with Gasteiger partial charge in [-0.3, -0.25) is 39.3 Å². The van der Waals surface area contributed by atoms with Crippen LogP contribution in [0.4, 0.5) is 21.5 Å². The molecule has 15 nitrogen and oxygen atoms in total. The normalized spacial score (nSPS) is 21.6. The molecule has 2 N–H and O–H groups in total. The second kappa shape index (κ2) is 18.0. The number of carbonyl (C=O) groups is 4. The lowest BCUT2D eigenvalue weighted by molar-refractivity contribution is -0.136. The van der Waals surface area contributed by atoms with Crippen molar-refractivity contribution in [3.63, 3.8) is 0 Å². The number of nitrogens with one attached hydrogen (secondary N) is 2. The average molecular weight is 914 g/mol. The number of nitriles is 1. The zero-order chi connectivity index (χ0) is 44.8. The van der Waals surface area contributed by atoms with Crippen LogP contribution < -0.4 is 29.7 Å². The van der Waals surface area contributed by atoms with Crippen molar-refractivity contribution in [2.75, 3.05) is 70.3 Å². The first-order valence-electron chi connectivity index (χ1n) is 21.6. The minimum atomic E-state index is -1.10. The van der Waals surface area contributed by atoms with E-state index in [0.29, 0.717) is 73.3 Å². The van der Waals surface area contributed by atoms with Crippen LogP contribution in [0.5, 0.6) is 17.2 Å². The molecule has 3 aromatic carbocycles. The van der Waals surface area contributed by atoms with Gasteiger partial charge in [0.25, 0.3) is 11.8 Å². The number of rotatable bonds is 13. The summed E-state index contributed by atoms with van der Waals surface area (Å²) in [7, 11) is 3.08. The van der Waals surface area contributed by atoms with Crippen molar-refractivity contribution in [2.45, 2.75) is 63.1 Å². The Labute approximate surface area is 379 Å². The molecular weight excluding hydrogens is 866 g/mol. The number of fused-ring (bicyclic) bond motifs is 4. The Balaban J connectivity index is 0.763. The molecule has 3 unspecified atom stereocenters. The monoisotopic (exact) mass is 912 g/mol. The van der Waals surface area contributed by atoms with Gasteiger partial charge in [0.15, 0.2) is 11.5 Å². The molecule has 2 bridgehead atoms. The van der Waals surface area contributed by atoms with E-state index in [4.69, 9.17) is 37.4 Å². The number of carbonyl (C=O) groups excluding carboxylic acids is 4. The van der Waals surface area contributed by atoms with Crippen molar-refractivity contribution < 1.29 is 37.8 Å². The van der Waals surface area contributed by atoms with Gasteiger partial charge in [-0.25, -0.2) is 4.39 Å². The van der Waals surface area contributed by atoms with Crippen LogP contribution in [-0.4, -0.2) is 122 Å². The predicted octanol–water partition coefficient (Wildman–Crippen LogP) is 6.55. The highest BCUT2D eigenvalue weighted by Gasteiger charge is 2.47. The number of benzene rings is 3. The van der Waals surface area contributed by atoms with Gasteiger partial charge in [-0.1, -0.05) is 23.2 Å². The third kappa shape index (κ3) is 8.26. The van der Waals surface area contributed by atoms with Crippen LogP contribution in [0.15, 0.2) is 42.6 Å². The number of piperazine rings is 1. The molecule has 4 saturated heterocycles. The predicted molar refractivity (Wildman–Crippen MR) is 237 cm³/mol. The molecule has 4 amide bonds. The highest BCUT2D eigenvalue weighted by atomic mass is 35.5. The van der Waals surface area contributed by atoms with E-state index in [9.17, 15) is 24.4 Å². The Morgan fingerprint density at radius 2 is 1.59 bits per heavy atom. The Kier molecular flexibility index (Phi) is 12.3. The number of amides is 4. The summed E-state index contributed by atoms with van der Waals surface area (Å²) in [6.45, 7) is 5.90. The standard InChI is InChI=1S/C46H47Cl2FN8O7/c1-62-39-19-36(32(47)17-33(39)48)52-43-26(20-50)21-51-35-18-41(40(63-2)16-31(35)43)64-13-3-10-54-11-8-25(9-12-54)22-55-23-27-4-5-28(24-55)56(27)38-15-30-29(14-34(38)49)45(60)57(46(30)61)37-6-7-42(58)53-44(37)59/h14-19,21,25,27-28,37H,3-13,22-24H2,1-2H3,(H,51,52)(H,53,58,59). The second-order valence-corrected chi connectivity index (χ2v) is 17.9. The molecule has 1 aromatic heterocycles. The SMILES string of the molecule is COc1cc(Nc2c(C#N)cnc3cc(OCCCN4CCC(CN5CC6CCC(C5)N6c5cc6c(cc5F)C(=O)N(C5CCC(=O)NC5=O)C6=O)CC4)c(OC)cc23)c(Cl)cc1Cl. The molecule has 9 rings (SSSR count). The van der Waals surface area contributed by atoms with Crippen LogP contribution in [0.25, 0.3) is 10.9 Å². The summed E-state index contributed by atoms with van der Waals surface area (Å²) >= 11 is 12.8. The number of imide groups is 2. The van der Waals surface area contributed by atoms with Crippen LogP contribution in [0.2, 0.25) is 10.0 Å². The molecule has 3 atom stereocenters. The van der Waals surface area contributed by atoms with E-state index in [1.165, 1.54) is 19.4 Å². The number of anilines is 3. The molecule has 0 spiro atoms. The number of aromatic nitrogens is 1. The number of ether oxygens (including phenoxy) is 3. The molecule has 6 heterocycles. The summed E-state index contributed by atoms with van der Waals surface area (Å²) in [4.78, 5) is 63.5. The van der Waals surface area contributed by atoms with Crippen LogP contribution >= 0.6 is 23.2 Å². The highest BCUT2D eigenvalue weighted by molar-refractivity contribution is 6.37. The molecule has 4 fully saturated rings. The Morgan fingerprint density at radius 3 is 2.28 bits per heavy atom. The van der Waals surface area contributed by atoms with Crippen molar-refractivity contribution in [2.24, 2.45) is 5.92 Å². The first-order chi connectivity index (χ1) is 30.9. The third-order valence-electron chi connectivity index (χ3n) is 13.2. The highest BCUT2D eigenvalue weighted by Crippen LogP contribution is 2.42. The first-order valence-corrected chi connectivity index (χ1v) is 22.3. The second-order valence-electron chi connectivity index (χ2n) is 17.1. The fourth-order valence-corrected chi connectivity index (χ4v) is 10.6. The van der Waals surface area contributed by atoms with E-state index in [0.717, 1.165) is 82.3 Å². The zero-order valence-electron chi connectivity index (χ0n) is 35.4. The Hall–Kier alpha value is -5.73. The van der Waals surface area contributed by atoms with Crippen molar-refractivity contribution in [1.29, 1.82) is 5.26 Å². The fourth-order valence-electron chi connectivity index (χ4n) is 10.0. The molecule has 334 valence electrons. The number of likely N-dealkylation sites (tertiary alicyclic amines) is 2. The summed E-state index contributed by atoms with van der Waals surface area (Å²) in [5, 5.41) is 16.8. The molecule has 18 heteroatoms. The number of halogens is 3. The third-order valence-corrected chi connectivity index (χ3v) is 13.8. The summed E-state index contributed by atoms with van der Waals surface area (Å²) in [6, 6.07) is 10.7. The van der Waals surface area contributed by atoms with Gasteiger partial charge in [-0.15, -0.1) is 0 Å². The number of hydrogen-bond donors (Lipinski definition) is 2. The van der Waals surface area contributed by atoms with Crippen LogP contribution in [0, 0.1) is 23.1 Å². The maximum atomic E-state index is 15.8. The van der Waals surface area contributed by atoms with Crippen LogP contribution in [-0.2, 0) is 9.59 Å². The molecule has 0 saturated carbocycles. The summed E-state index contributed by atoms with van der Waals surface area (Å²) in [5.41, 5.74) is 2.31. The summed E-state index contributed by atoms with van der Waals surface area (Å²) < 4.78 is 33.2. The van der Waals surface area contributed by atoms with Gasteiger partial charge in [0.1, 0.15) is 23.7 Å². The molecule has 0 radical (unpaired) electrons. The molecule has 64 heavy (non-hydrogen) atoms. The maximum Gasteiger partial charge on any atom is 0.262 e. The molecule has 5 aliphatic heterocycles. The van der Waals surface area contributed by atoms with Gasteiger partial charge in [0, 0.05) is 68.4 Å². The molecule has 0 aliphatic carbocycles.